The molecule has 3 N–H and O–H groups in total. The Morgan fingerprint density at radius 1 is 1.02 bits per heavy atom. The Bertz CT molecular complexity index is 1290. The van der Waals surface area contributed by atoms with Gasteiger partial charge >= 0.3 is 0 Å². The largest absolute Gasteiger partial charge is 0.491 e. The van der Waals surface area contributed by atoms with Crippen molar-refractivity contribution in [3.8, 4) is 5.75 Å². The topological polar surface area (TPSA) is 126 Å². The predicted octanol–water partition coefficient (Wildman–Crippen LogP) is 3.96. The van der Waals surface area contributed by atoms with E-state index >= 15 is 0 Å². The lowest BCUT2D eigenvalue weighted by Crippen LogP contribution is -2.54. The van der Waals surface area contributed by atoms with Crippen molar-refractivity contribution in [1.82, 2.24) is 20.9 Å². The van der Waals surface area contributed by atoms with Crippen LogP contribution in [0.5, 0.6) is 5.75 Å². The van der Waals surface area contributed by atoms with Crippen LogP contribution in [0.4, 0.5) is 0 Å². The number of nitrogens with zero attached hydrogens (tertiary/aromatic N) is 1. The number of amides is 4. The number of hydrogen-bond acceptors (Lipinski definition) is 6. The molecule has 0 radical (unpaired) electrons. The second-order valence-corrected chi connectivity index (χ2v) is 12.4. The maximum absolute atomic E-state index is 13.7. The first kappa shape index (κ1) is 34.9. The summed E-state index contributed by atoms with van der Waals surface area (Å²) >= 11 is 6.17. The standard InChI is InChI=1S/C33H45ClN4O6/c1-21(2)16-24-20-44-29-13-9-7-11-25(29)31(40)37-27(18-30(39)36-28(17-22(3)4)33(42)38(24)5)32(41)35-14-15-43-19-23-10-6-8-12-26(23)34/h6-13,21-22,24,27-28H,14-20H2,1-5H3,(H,35,41)(H,36,39)(H,37,40)/t24-,27+,28-/m1/s1. The van der Waals surface area contributed by atoms with E-state index in [-0.39, 0.29) is 62.1 Å². The Kier molecular flexibility index (Phi) is 13.5. The van der Waals surface area contributed by atoms with E-state index in [1.807, 2.05) is 32.0 Å². The van der Waals surface area contributed by atoms with Crippen LogP contribution in [-0.4, -0.2) is 73.5 Å². The zero-order valence-corrected chi connectivity index (χ0v) is 27.0. The Morgan fingerprint density at radius 2 is 1.70 bits per heavy atom. The number of ether oxygens (including phenoxy) is 2. The van der Waals surface area contributed by atoms with Crippen molar-refractivity contribution in [2.75, 3.05) is 26.8 Å². The maximum Gasteiger partial charge on any atom is 0.255 e. The fraction of sp³-hybridized carbons (Fsp3) is 0.515. The summed E-state index contributed by atoms with van der Waals surface area (Å²) in [6, 6.07) is 11.7. The normalized spacial score (nSPS) is 20.0. The molecule has 10 nitrogen and oxygen atoms in total. The molecule has 1 aliphatic heterocycles. The fourth-order valence-electron chi connectivity index (χ4n) is 5.02. The van der Waals surface area contributed by atoms with Gasteiger partial charge in [-0.05, 0) is 48.4 Å². The van der Waals surface area contributed by atoms with Gasteiger partial charge in [0, 0.05) is 18.6 Å². The first-order valence-electron chi connectivity index (χ1n) is 15.1. The molecule has 44 heavy (non-hydrogen) atoms. The molecule has 4 amide bonds. The van der Waals surface area contributed by atoms with E-state index < -0.39 is 29.8 Å². The molecule has 0 saturated carbocycles. The minimum atomic E-state index is -1.21. The molecule has 2 aromatic carbocycles. The van der Waals surface area contributed by atoms with Gasteiger partial charge in [0.2, 0.25) is 17.7 Å². The highest BCUT2D eigenvalue weighted by Crippen LogP contribution is 2.22. The van der Waals surface area contributed by atoms with Gasteiger partial charge in [-0.15, -0.1) is 0 Å². The summed E-state index contributed by atoms with van der Waals surface area (Å²) < 4.78 is 11.8. The lowest BCUT2D eigenvalue weighted by Gasteiger charge is -2.33. The van der Waals surface area contributed by atoms with Crippen LogP contribution in [0.1, 0.15) is 62.9 Å². The van der Waals surface area contributed by atoms with Crippen LogP contribution in [-0.2, 0) is 25.7 Å². The predicted molar refractivity (Wildman–Crippen MR) is 169 cm³/mol. The third kappa shape index (κ3) is 10.5. The van der Waals surface area contributed by atoms with E-state index in [2.05, 4.69) is 29.8 Å². The van der Waals surface area contributed by atoms with Crippen LogP contribution in [0.3, 0.4) is 0 Å². The Balaban J connectivity index is 1.81. The average molecular weight is 629 g/mol. The number of fused-ring (bicyclic) bond motifs is 1. The van der Waals surface area contributed by atoms with Crippen molar-refractivity contribution in [3.63, 3.8) is 0 Å². The van der Waals surface area contributed by atoms with Crippen LogP contribution in [0.25, 0.3) is 0 Å². The van der Waals surface area contributed by atoms with E-state index in [1.54, 1.807) is 42.3 Å². The highest BCUT2D eigenvalue weighted by atomic mass is 35.5. The van der Waals surface area contributed by atoms with Gasteiger partial charge in [-0.25, -0.2) is 0 Å². The first-order valence-corrected chi connectivity index (χ1v) is 15.5. The molecule has 11 heteroatoms. The second kappa shape index (κ2) is 17.0. The summed E-state index contributed by atoms with van der Waals surface area (Å²) in [5, 5.41) is 8.87. The van der Waals surface area contributed by atoms with Crippen molar-refractivity contribution < 1.29 is 28.7 Å². The van der Waals surface area contributed by atoms with Gasteiger partial charge in [0.15, 0.2) is 0 Å². The van der Waals surface area contributed by atoms with Gasteiger partial charge in [0.25, 0.3) is 5.91 Å². The molecule has 0 fully saturated rings. The number of likely N-dealkylation sites (N-methyl/N-ethyl adjacent to an activating group) is 1. The summed E-state index contributed by atoms with van der Waals surface area (Å²) in [5.41, 5.74) is 1.05. The van der Waals surface area contributed by atoms with Crippen LogP contribution in [0.2, 0.25) is 5.02 Å². The maximum atomic E-state index is 13.7. The van der Waals surface area contributed by atoms with Gasteiger partial charge in [-0.3, -0.25) is 19.2 Å². The lowest BCUT2D eigenvalue weighted by molar-refractivity contribution is -0.138. The van der Waals surface area contributed by atoms with E-state index in [0.717, 1.165) is 5.56 Å². The number of para-hydroxylation sites is 1. The first-order chi connectivity index (χ1) is 21.0. The number of hydrogen-bond donors (Lipinski definition) is 3. The Hall–Kier alpha value is -3.63. The number of benzene rings is 2. The van der Waals surface area contributed by atoms with Crippen molar-refractivity contribution in [1.29, 1.82) is 0 Å². The molecule has 0 spiro atoms. The zero-order chi connectivity index (χ0) is 32.2. The Labute approximate surface area is 265 Å². The summed E-state index contributed by atoms with van der Waals surface area (Å²) in [7, 11) is 1.72. The van der Waals surface area contributed by atoms with Gasteiger partial charge in [0.05, 0.1) is 31.2 Å². The number of rotatable bonds is 10. The van der Waals surface area contributed by atoms with Crippen molar-refractivity contribution in [2.45, 2.75) is 71.7 Å². The van der Waals surface area contributed by atoms with Crippen molar-refractivity contribution >= 4 is 35.2 Å². The van der Waals surface area contributed by atoms with E-state index in [4.69, 9.17) is 21.1 Å². The minimum absolute atomic E-state index is 0.118. The fourth-order valence-corrected chi connectivity index (χ4v) is 5.21. The molecule has 1 heterocycles. The minimum Gasteiger partial charge on any atom is -0.491 e. The molecule has 3 atom stereocenters. The van der Waals surface area contributed by atoms with Gasteiger partial charge < -0.3 is 30.3 Å². The van der Waals surface area contributed by atoms with Crippen LogP contribution in [0, 0.1) is 11.8 Å². The average Bonchev–Trinajstić information content (AvgIpc) is 2.97. The van der Waals surface area contributed by atoms with Crippen LogP contribution >= 0.6 is 11.6 Å². The Morgan fingerprint density at radius 3 is 2.41 bits per heavy atom. The summed E-state index contributed by atoms with van der Waals surface area (Å²) in [6.45, 7) is 8.84. The molecular formula is C33H45ClN4O6. The summed E-state index contributed by atoms with van der Waals surface area (Å²) in [5.74, 6) is -1.14. The molecule has 1 aliphatic rings. The summed E-state index contributed by atoms with van der Waals surface area (Å²) in [4.78, 5) is 55.4. The van der Waals surface area contributed by atoms with Crippen molar-refractivity contribution in [2.24, 2.45) is 11.8 Å². The number of halogens is 1. The quantitative estimate of drug-likeness (QED) is 0.342. The second-order valence-electron chi connectivity index (χ2n) is 12.0. The van der Waals surface area contributed by atoms with E-state index in [9.17, 15) is 19.2 Å². The molecule has 0 aromatic heterocycles. The third-order valence-corrected chi connectivity index (χ3v) is 7.68. The molecule has 2 aromatic rings. The smallest absolute Gasteiger partial charge is 0.255 e. The highest BCUT2D eigenvalue weighted by molar-refractivity contribution is 6.31. The third-order valence-electron chi connectivity index (χ3n) is 7.31. The number of carbonyl (C=O) groups excluding carboxylic acids is 4. The molecule has 0 aliphatic carbocycles. The van der Waals surface area contributed by atoms with Gasteiger partial charge in [-0.2, -0.15) is 0 Å². The van der Waals surface area contributed by atoms with E-state index in [0.29, 0.717) is 23.6 Å². The molecule has 0 bridgehead atoms. The molecule has 3 rings (SSSR count). The summed E-state index contributed by atoms with van der Waals surface area (Å²) in [6.07, 6.45) is 0.727. The molecular weight excluding hydrogens is 584 g/mol. The molecule has 240 valence electrons. The zero-order valence-electron chi connectivity index (χ0n) is 26.2. The van der Waals surface area contributed by atoms with Gasteiger partial charge in [0.1, 0.15) is 24.4 Å². The number of nitrogens with one attached hydrogen (secondary N) is 3. The van der Waals surface area contributed by atoms with E-state index in [1.165, 1.54) is 0 Å². The monoisotopic (exact) mass is 628 g/mol. The SMILES string of the molecule is CC(C)C[C@@H]1COc2ccccc2C(=O)N[C@H](C(=O)NCCOCc2ccccc2Cl)CC(=O)N[C@H](CC(C)C)C(=O)N1C. The van der Waals surface area contributed by atoms with Crippen LogP contribution < -0.4 is 20.7 Å². The van der Waals surface area contributed by atoms with Crippen LogP contribution in [0.15, 0.2) is 48.5 Å². The number of carbonyl (C=O) groups is 4. The molecule has 0 unspecified atom stereocenters. The molecule has 0 saturated heterocycles. The lowest BCUT2D eigenvalue weighted by atomic mass is 9.99. The highest BCUT2D eigenvalue weighted by Gasteiger charge is 2.32. The van der Waals surface area contributed by atoms with Gasteiger partial charge in [-0.1, -0.05) is 69.6 Å². The van der Waals surface area contributed by atoms with Crippen molar-refractivity contribution in [3.05, 3.63) is 64.7 Å².